The average molecular weight is 251 g/mol. The largest absolute Gasteiger partial charge is 0.350 e. The molecule has 0 heterocycles. The van der Waals surface area contributed by atoms with Gasteiger partial charge in [-0.3, -0.25) is 4.79 Å². The molecule has 0 aliphatic carbocycles. The summed E-state index contributed by atoms with van der Waals surface area (Å²) in [4.78, 5) is 12.0. The monoisotopic (exact) mass is 251 g/mol. The van der Waals surface area contributed by atoms with Gasteiger partial charge in [0, 0.05) is 11.6 Å². The van der Waals surface area contributed by atoms with Crippen molar-refractivity contribution >= 4 is 5.91 Å². The predicted octanol–water partition coefficient (Wildman–Crippen LogP) is 3.69. The first-order chi connectivity index (χ1) is 8.40. The summed E-state index contributed by atoms with van der Waals surface area (Å²) in [5, 5.41) is 2.95. The summed E-state index contributed by atoms with van der Waals surface area (Å²) >= 11 is 0. The maximum atomic E-state index is 13.0. The number of carbonyl (C=O) groups is 1. The Morgan fingerprint density at radius 3 is 2.50 bits per heavy atom. The molecule has 3 heteroatoms. The molecule has 0 aliphatic rings. The number of hydrogen-bond donors (Lipinski definition) is 1. The Morgan fingerprint density at radius 2 is 1.94 bits per heavy atom. The normalized spacial score (nSPS) is 12.6. The van der Waals surface area contributed by atoms with E-state index in [1.54, 1.807) is 6.92 Å². The SMILES string of the molecule is Cc1cc(F)ccc1C(=O)NC(C)CCC(C)C. The molecule has 2 nitrogen and oxygen atoms in total. The molecule has 0 spiro atoms. The topological polar surface area (TPSA) is 29.1 Å². The van der Waals surface area contributed by atoms with Crippen molar-refractivity contribution < 1.29 is 9.18 Å². The van der Waals surface area contributed by atoms with Crippen LogP contribution in [0.4, 0.5) is 4.39 Å². The summed E-state index contributed by atoms with van der Waals surface area (Å²) in [7, 11) is 0. The molecule has 18 heavy (non-hydrogen) atoms. The van der Waals surface area contributed by atoms with Crippen LogP contribution < -0.4 is 5.32 Å². The molecular weight excluding hydrogens is 229 g/mol. The Bertz CT molecular complexity index is 415. The van der Waals surface area contributed by atoms with Crippen LogP contribution in [0.3, 0.4) is 0 Å². The Morgan fingerprint density at radius 1 is 1.28 bits per heavy atom. The lowest BCUT2D eigenvalue weighted by Gasteiger charge is -2.16. The summed E-state index contributed by atoms with van der Waals surface area (Å²) in [5.41, 5.74) is 1.22. The van der Waals surface area contributed by atoms with E-state index in [0.29, 0.717) is 17.0 Å². The quantitative estimate of drug-likeness (QED) is 0.849. The first-order valence-electron chi connectivity index (χ1n) is 6.47. The molecule has 1 aromatic rings. The van der Waals surface area contributed by atoms with E-state index in [9.17, 15) is 9.18 Å². The maximum absolute atomic E-state index is 13.0. The second kappa shape index (κ2) is 6.53. The molecule has 0 saturated heterocycles. The molecule has 0 fully saturated rings. The molecule has 100 valence electrons. The van der Waals surface area contributed by atoms with E-state index in [2.05, 4.69) is 19.2 Å². The van der Waals surface area contributed by atoms with Gasteiger partial charge in [-0.15, -0.1) is 0 Å². The van der Waals surface area contributed by atoms with Gasteiger partial charge in [0.25, 0.3) is 5.91 Å². The van der Waals surface area contributed by atoms with Crippen molar-refractivity contribution in [2.24, 2.45) is 5.92 Å². The number of benzene rings is 1. The Hall–Kier alpha value is -1.38. The highest BCUT2D eigenvalue weighted by molar-refractivity contribution is 5.95. The second-order valence-electron chi connectivity index (χ2n) is 5.30. The minimum absolute atomic E-state index is 0.122. The van der Waals surface area contributed by atoms with Crippen LogP contribution in [0.5, 0.6) is 0 Å². The van der Waals surface area contributed by atoms with Crippen LogP contribution in [0, 0.1) is 18.7 Å². The van der Waals surface area contributed by atoms with Crippen LogP contribution >= 0.6 is 0 Å². The highest BCUT2D eigenvalue weighted by atomic mass is 19.1. The summed E-state index contributed by atoms with van der Waals surface area (Å²) in [6.45, 7) is 8.08. The molecule has 1 atom stereocenters. The molecule has 0 aliphatic heterocycles. The molecule has 1 amide bonds. The van der Waals surface area contributed by atoms with E-state index >= 15 is 0 Å². The molecule has 0 radical (unpaired) electrons. The van der Waals surface area contributed by atoms with E-state index < -0.39 is 0 Å². The van der Waals surface area contributed by atoms with Gasteiger partial charge in [0.1, 0.15) is 5.82 Å². The third-order valence-corrected chi connectivity index (χ3v) is 2.99. The van der Waals surface area contributed by atoms with Gasteiger partial charge in [-0.05, 0) is 56.4 Å². The lowest BCUT2D eigenvalue weighted by atomic mass is 10.0. The Balaban J connectivity index is 2.59. The Kier molecular flexibility index (Phi) is 5.32. The molecule has 1 unspecified atom stereocenters. The number of aryl methyl sites for hydroxylation is 1. The van der Waals surface area contributed by atoms with Crippen LogP contribution in [0.25, 0.3) is 0 Å². The predicted molar refractivity (Wildman–Crippen MR) is 72.1 cm³/mol. The number of amides is 1. The summed E-state index contributed by atoms with van der Waals surface area (Å²) in [6.07, 6.45) is 2.05. The van der Waals surface area contributed by atoms with Crippen molar-refractivity contribution in [3.8, 4) is 0 Å². The zero-order valence-electron chi connectivity index (χ0n) is 11.6. The number of carbonyl (C=O) groups excluding carboxylic acids is 1. The lowest BCUT2D eigenvalue weighted by Crippen LogP contribution is -2.33. The van der Waals surface area contributed by atoms with E-state index in [4.69, 9.17) is 0 Å². The van der Waals surface area contributed by atoms with Crippen LogP contribution in [0.15, 0.2) is 18.2 Å². The van der Waals surface area contributed by atoms with Gasteiger partial charge in [-0.1, -0.05) is 13.8 Å². The molecule has 0 bridgehead atoms. The lowest BCUT2D eigenvalue weighted by molar-refractivity contribution is 0.0936. The van der Waals surface area contributed by atoms with Crippen molar-refractivity contribution in [2.75, 3.05) is 0 Å². The van der Waals surface area contributed by atoms with Crippen LogP contribution in [-0.4, -0.2) is 11.9 Å². The Labute approximate surface area is 109 Å². The van der Waals surface area contributed by atoms with Crippen molar-refractivity contribution in [2.45, 2.75) is 46.6 Å². The average Bonchev–Trinajstić information content (AvgIpc) is 2.26. The summed E-state index contributed by atoms with van der Waals surface area (Å²) < 4.78 is 13.0. The first kappa shape index (κ1) is 14.7. The number of nitrogens with one attached hydrogen (secondary N) is 1. The van der Waals surface area contributed by atoms with Gasteiger partial charge in [0.15, 0.2) is 0 Å². The summed E-state index contributed by atoms with van der Waals surface area (Å²) in [6, 6.07) is 4.38. The third-order valence-electron chi connectivity index (χ3n) is 2.99. The minimum atomic E-state index is -0.308. The number of halogens is 1. The van der Waals surface area contributed by atoms with Gasteiger partial charge in [-0.25, -0.2) is 4.39 Å². The molecule has 1 rings (SSSR count). The molecule has 0 aromatic heterocycles. The third kappa shape index (κ3) is 4.47. The number of rotatable bonds is 5. The minimum Gasteiger partial charge on any atom is -0.350 e. The van der Waals surface area contributed by atoms with Crippen molar-refractivity contribution in [1.82, 2.24) is 5.32 Å². The fourth-order valence-corrected chi connectivity index (χ4v) is 1.84. The number of hydrogen-bond acceptors (Lipinski definition) is 1. The second-order valence-corrected chi connectivity index (χ2v) is 5.30. The molecule has 1 aromatic carbocycles. The zero-order chi connectivity index (χ0) is 13.7. The highest BCUT2D eigenvalue weighted by Gasteiger charge is 2.12. The smallest absolute Gasteiger partial charge is 0.251 e. The molecule has 1 N–H and O–H groups in total. The van der Waals surface area contributed by atoms with Gasteiger partial charge >= 0.3 is 0 Å². The zero-order valence-corrected chi connectivity index (χ0v) is 11.6. The van der Waals surface area contributed by atoms with Crippen molar-refractivity contribution in [3.63, 3.8) is 0 Å². The van der Waals surface area contributed by atoms with Crippen LogP contribution in [-0.2, 0) is 0 Å². The fourth-order valence-electron chi connectivity index (χ4n) is 1.84. The van der Waals surface area contributed by atoms with Crippen LogP contribution in [0.1, 0.15) is 49.5 Å². The van der Waals surface area contributed by atoms with E-state index in [-0.39, 0.29) is 17.8 Å². The van der Waals surface area contributed by atoms with Gasteiger partial charge in [0.2, 0.25) is 0 Å². The van der Waals surface area contributed by atoms with E-state index in [1.165, 1.54) is 18.2 Å². The molecular formula is C15H22FNO. The first-order valence-corrected chi connectivity index (χ1v) is 6.47. The van der Waals surface area contributed by atoms with Crippen molar-refractivity contribution in [1.29, 1.82) is 0 Å². The van der Waals surface area contributed by atoms with Crippen LogP contribution in [0.2, 0.25) is 0 Å². The standard InChI is InChI=1S/C15H22FNO/c1-10(2)5-6-12(4)17-15(18)14-8-7-13(16)9-11(14)3/h7-10,12H,5-6H2,1-4H3,(H,17,18). The maximum Gasteiger partial charge on any atom is 0.251 e. The van der Waals surface area contributed by atoms with Gasteiger partial charge in [0.05, 0.1) is 0 Å². The van der Waals surface area contributed by atoms with Gasteiger partial charge < -0.3 is 5.32 Å². The van der Waals surface area contributed by atoms with Crippen molar-refractivity contribution in [3.05, 3.63) is 35.1 Å². The fraction of sp³-hybridized carbons (Fsp3) is 0.533. The van der Waals surface area contributed by atoms with E-state index in [0.717, 1.165) is 12.8 Å². The van der Waals surface area contributed by atoms with Gasteiger partial charge in [-0.2, -0.15) is 0 Å². The van der Waals surface area contributed by atoms with E-state index in [1.807, 2.05) is 6.92 Å². The molecule has 0 saturated carbocycles. The highest BCUT2D eigenvalue weighted by Crippen LogP contribution is 2.11. The summed E-state index contributed by atoms with van der Waals surface area (Å²) in [5.74, 6) is 0.206.